The first-order valence-electron chi connectivity index (χ1n) is 9.49. The van der Waals surface area contributed by atoms with E-state index in [0.29, 0.717) is 48.4 Å². The van der Waals surface area contributed by atoms with E-state index < -0.39 is 12.1 Å². The molecule has 7 nitrogen and oxygen atoms in total. The highest BCUT2D eigenvalue weighted by molar-refractivity contribution is 5.98. The number of carbonyl (C=O) groups excluding carboxylic acids is 1. The first kappa shape index (κ1) is 20.8. The number of aliphatic hydroxyl groups is 1. The number of hydrogen-bond donors (Lipinski definition) is 2. The molecular formula is C22H26N2O5. The Morgan fingerprint density at radius 3 is 2.62 bits per heavy atom. The number of phenolic OH excluding ortho intramolecular Hbond substituents is 1. The predicted molar refractivity (Wildman–Crippen MR) is 109 cm³/mol. The summed E-state index contributed by atoms with van der Waals surface area (Å²) in [4.78, 5) is 16.8. The van der Waals surface area contributed by atoms with E-state index in [1.165, 1.54) is 7.11 Å². The molecule has 0 fully saturated rings. The number of aromatic nitrogens is 2. The van der Waals surface area contributed by atoms with Crippen LogP contribution in [0, 0.1) is 6.92 Å². The molecule has 2 aromatic carbocycles. The van der Waals surface area contributed by atoms with Crippen LogP contribution in [-0.4, -0.2) is 46.6 Å². The normalized spacial score (nSPS) is 12.3. The van der Waals surface area contributed by atoms with Crippen LogP contribution in [0.2, 0.25) is 0 Å². The van der Waals surface area contributed by atoms with Crippen LogP contribution in [0.25, 0.3) is 11.0 Å². The molecule has 0 amide bonds. The van der Waals surface area contributed by atoms with Crippen LogP contribution in [0.15, 0.2) is 36.4 Å². The fourth-order valence-corrected chi connectivity index (χ4v) is 3.56. The molecule has 0 saturated carbocycles. The summed E-state index contributed by atoms with van der Waals surface area (Å²) in [5, 5.41) is 21.6. The summed E-state index contributed by atoms with van der Waals surface area (Å²) in [7, 11) is 2.91. The van der Waals surface area contributed by atoms with Gasteiger partial charge in [0.05, 0.1) is 30.9 Å². The maximum Gasteiger partial charge on any atom is 0.338 e. The number of fused-ring (bicyclic) bond motifs is 1. The van der Waals surface area contributed by atoms with Crippen molar-refractivity contribution in [2.45, 2.75) is 32.4 Å². The third-order valence-electron chi connectivity index (χ3n) is 5.08. The number of carbonyl (C=O) groups is 1. The summed E-state index contributed by atoms with van der Waals surface area (Å²) in [6, 6.07) is 10.9. The zero-order valence-corrected chi connectivity index (χ0v) is 16.9. The second-order valence-electron chi connectivity index (χ2n) is 6.88. The Kier molecular flexibility index (Phi) is 6.51. The molecule has 3 aromatic rings. The average Bonchev–Trinajstić information content (AvgIpc) is 3.06. The lowest BCUT2D eigenvalue weighted by atomic mass is 9.96. The molecule has 0 radical (unpaired) electrons. The minimum absolute atomic E-state index is 0.0140. The zero-order chi connectivity index (χ0) is 21.0. The maximum atomic E-state index is 12.4. The third kappa shape index (κ3) is 4.26. The van der Waals surface area contributed by atoms with Gasteiger partial charge in [-0.05, 0) is 31.4 Å². The van der Waals surface area contributed by atoms with Crippen LogP contribution in [0.5, 0.6) is 5.75 Å². The number of phenols is 1. The number of esters is 1. The van der Waals surface area contributed by atoms with Crippen LogP contribution in [0.3, 0.4) is 0 Å². The van der Waals surface area contributed by atoms with Crippen LogP contribution in [0.4, 0.5) is 0 Å². The van der Waals surface area contributed by atoms with Crippen molar-refractivity contribution in [3.8, 4) is 5.75 Å². The molecule has 0 aliphatic heterocycles. The van der Waals surface area contributed by atoms with Crippen LogP contribution < -0.4 is 0 Å². The molecule has 1 heterocycles. The van der Waals surface area contributed by atoms with Crippen molar-refractivity contribution in [1.29, 1.82) is 0 Å². The summed E-state index contributed by atoms with van der Waals surface area (Å²) >= 11 is 0. The molecule has 7 heteroatoms. The van der Waals surface area contributed by atoms with E-state index in [1.54, 1.807) is 13.2 Å². The molecule has 0 saturated heterocycles. The zero-order valence-electron chi connectivity index (χ0n) is 16.9. The van der Waals surface area contributed by atoms with Crippen molar-refractivity contribution in [3.63, 3.8) is 0 Å². The minimum Gasteiger partial charge on any atom is -0.505 e. The SMILES string of the molecule is COCCn1c(C)nc2cc(C(=O)OC)c(CCC(O)c3ccccc3)c(O)c21. The monoisotopic (exact) mass is 398 g/mol. The van der Waals surface area contributed by atoms with Gasteiger partial charge < -0.3 is 24.3 Å². The first-order valence-corrected chi connectivity index (χ1v) is 9.49. The number of aromatic hydroxyl groups is 1. The molecule has 0 aliphatic carbocycles. The lowest BCUT2D eigenvalue weighted by Crippen LogP contribution is -2.10. The number of methoxy groups -OCH3 is 2. The molecule has 154 valence electrons. The minimum atomic E-state index is -0.711. The molecule has 1 aromatic heterocycles. The molecule has 0 aliphatic rings. The van der Waals surface area contributed by atoms with Crippen molar-refractivity contribution in [3.05, 3.63) is 58.9 Å². The standard InChI is InChI=1S/C22H26N2O5/c1-14-23-18-13-17(22(27)29-3)16(21(26)20(18)24(14)11-12-28-2)9-10-19(25)15-7-5-4-6-8-15/h4-8,13,19,25-26H,9-12H2,1-3H3. The summed E-state index contributed by atoms with van der Waals surface area (Å²) in [5.74, 6) is 0.153. The fraction of sp³-hybridized carbons (Fsp3) is 0.364. The number of imidazole rings is 1. The van der Waals surface area contributed by atoms with Crippen LogP contribution in [0.1, 0.15) is 39.8 Å². The van der Waals surface area contributed by atoms with E-state index in [4.69, 9.17) is 9.47 Å². The quantitative estimate of drug-likeness (QED) is 0.566. The lowest BCUT2D eigenvalue weighted by molar-refractivity contribution is 0.0598. The van der Waals surface area contributed by atoms with E-state index in [0.717, 1.165) is 5.56 Å². The third-order valence-corrected chi connectivity index (χ3v) is 5.08. The topological polar surface area (TPSA) is 93.8 Å². The Morgan fingerprint density at radius 1 is 1.24 bits per heavy atom. The molecule has 2 N–H and O–H groups in total. The average molecular weight is 398 g/mol. The van der Waals surface area contributed by atoms with E-state index in [9.17, 15) is 15.0 Å². The second-order valence-corrected chi connectivity index (χ2v) is 6.88. The van der Waals surface area contributed by atoms with E-state index in [2.05, 4.69) is 4.98 Å². The van der Waals surface area contributed by atoms with Crippen molar-refractivity contribution < 1.29 is 24.5 Å². The molecule has 0 spiro atoms. The predicted octanol–water partition coefficient (Wildman–Crippen LogP) is 3.15. The summed E-state index contributed by atoms with van der Waals surface area (Å²) in [6.45, 7) is 2.83. The van der Waals surface area contributed by atoms with E-state index in [-0.39, 0.29) is 11.3 Å². The Hall–Kier alpha value is -2.90. The number of nitrogens with zero attached hydrogens (tertiary/aromatic N) is 2. The first-order chi connectivity index (χ1) is 14.0. The molecule has 1 atom stereocenters. The number of aliphatic hydroxyl groups excluding tert-OH is 1. The highest BCUT2D eigenvalue weighted by Gasteiger charge is 2.23. The highest BCUT2D eigenvalue weighted by atomic mass is 16.5. The Bertz CT molecular complexity index is 998. The van der Waals surface area contributed by atoms with Crippen molar-refractivity contribution in [2.75, 3.05) is 20.8 Å². The van der Waals surface area contributed by atoms with Gasteiger partial charge >= 0.3 is 5.97 Å². The Balaban J connectivity index is 2.02. The number of benzene rings is 2. The Morgan fingerprint density at radius 2 is 1.97 bits per heavy atom. The maximum absolute atomic E-state index is 12.4. The van der Waals surface area contributed by atoms with Crippen molar-refractivity contribution in [2.24, 2.45) is 0 Å². The smallest absolute Gasteiger partial charge is 0.338 e. The highest BCUT2D eigenvalue weighted by Crippen LogP contribution is 2.35. The largest absolute Gasteiger partial charge is 0.505 e. The van der Waals surface area contributed by atoms with Gasteiger partial charge in [-0.15, -0.1) is 0 Å². The Labute approximate surface area is 169 Å². The number of rotatable bonds is 8. The summed E-state index contributed by atoms with van der Waals surface area (Å²) in [5.41, 5.74) is 2.56. The number of hydrogen-bond acceptors (Lipinski definition) is 6. The number of aryl methyl sites for hydroxylation is 1. The summed E-state index contributed by atoms with van der Waals surface area (Å²) in [6.07, 6.45) is -0.0633. The van der Waals surface area contributed by atoms with Gasteiger partial charge in [0.15, 0.2) is 0 Å². The van der Waals surface area contributed by atoms with Gasteiger partial charge in [-0.25, -0.2) is 9.78 Å². The van der Waals surface area contributed by atoms with Crippen molar-refractivity contribution >= 4 is 17.0 Å². The van der Waals surface area contributed by atoms with Gasteiger partial charge in [0.1, 0.15) is 17.1 Å². The molecule has 29 heavy (non-hydrogen) atoms. The molecular weight excluding hydrogens is 372 g/mol. The van der Waals surface area contributed by atoms with Gasteiger partial charge in [0.2, 0.25) is 0 Å². The van der Waals surface area contributed by atoms with Gasteiger partial charge in [-0.1, -0.05) is 30.3 Å². The van der Waals surface area contributed by atoms with Gasteiger partial charge in [-0.3, -0.25) is 0 Å². The van der Waals surface area contributed by atoms with Gasteiger partial charge in [0, 0.05) is 19.2 Å². The van der Waals surface area contributed by atoms with E-state index >= 15 is 0 Å². The summed E-state index contributed by atoms with van der Waals surface area (Å²) < 4.78 is 11.9. The fourth-order valence-electron chi connectivity index (χ4n) is 3.56. The molecule has 0 bridgehead atoms. The van der Waals surface area contributed by atoms with Gasteiger partial charge in [-0.2, -0.15) is 0 Å². The van der Waals surface area contributed by atoms with Crippen LogP contribution in [-0.2, 0) is 22.4 Å². The van der Waals surface area contributed by atoms with Crippen molar-refractivity contribution in [1.82, 2.24) is 9.55 Å². The van der Waals surface area contributed by atoms with E-state index in [1.807, 2.05) is 41.8 Å². The lowest BCUT2D eigenvalue weighted by Gasteiger charge is -2.15. The number of ether oxygens (including phenoxy) is 2. The van der Waals surface area contributed by atoms with Crippen LogP contribution >= 0.6 is 0 Å². The molecule has 1 unspecified atom stereocenters. The molecule has 3 rings (SSSR count). The second kappa shape index (κ2) is 9.07. The van der Waals surface area contributed by atoms with Gasteiger partial charge in [0.25, 0.3) is 0 Å².